The van der Waals surface area contributed by atoms with Gasteiger partial charge in [-0.15, -0.1) is 0 Å². The molecule has 4 N–H and O–H groups in total. The van der Waals surface area contributed by atoms with Crippen molar-refractivity contribution in [3.05, 3.63) is 22.8 Å². The van der Waals surface area contributed by atoms with Gasteiger partial charge < -0.3 is 11.5 Å². The van der Waals surface area contributed by atoms with Crippen molar-refractivity contribution < 1.29 is 8.78 Å². The molecule has 0 aromatic rings. The van der Waals surface area contributed by atoms with Crippen LogP contribution in [-0.4, -0.2) is 12.1 Å². The highest BCUT2D eigenvalue weighted by Crippen LogP contribution is 2.30. The molecule has 2 atom stereocenters. The lowest BCUT2D eigenvalue weighted by Gasteiger charge is -2.26. The number of rotatable bonds is 0. The van der Waals surface area contributed by atoms with Gasteiger partial charge in [0, 0.05) is 12.1 Å². The van der Waals surface area contributed by atoms with E-state index in [-0.39, 0.29) is 11.1 Å². The Balaban J connectivity index is 3.18. The van der Waals surface area contributed by atoms with Gasteiger partial charge in [-0.25, -0.2) is 8.78 Å². The summed E-state index contributed by atoms with van der Waals surface area (Å²) in [4.78, 5) is 0. The van der Waals surface area contributed by atoms with Crippen molar-refractivity contribution in [1.82, 2.24) is 0 Å². The van der Waals surface area contributed by atoms with Crippen LogP contribution in [0.5, 0.6) is 0 Å². The predicted molar refractivity (Wildman–Crippen MR) is 43.6 cm³/mol. The smallest absolute Gasteiger partial charge is 0.159 e. The molecule has 0 saturated carbocycles. The standard InChI is InChI=1S/C8H12F2N2/c1-3-5(9)6(10)4(2)8(12)7(3)11/h7-8H,11-12H2,1-2H3. The van der Waals surface area contributed by atoms with Gasteiger partial charge in [0.1, 0.15) is 0 Å². The number of halogens is 2. The highest BCUT2D eigenvalue weighted by atomic mass is 19.2. The maximum absolute atomic E-state index is 13.0. The van der Waals surface area contributed by atoms with E-state index < -0.39 is 23.7 Å². The first-order valence-electron chi connectivity index (χ1n) is 3.71. The summed E-state index contributed by atoms with van der Waals surface area (Å²) in [5, 5.41) is 0. The van der Waals surface area contributed by atoms with Crippen LogP contribution in [0, 0.1) is 0 Å². The fraction of sp³-hybridized carbons (Fsp3) is 0.500. The van der Waals surface area contributed by atoms with E-state index in [1.54, 1.807) is 0 Å². The summed E-state index contributed by atoms with van der Waals surface area (Å²) in [7, 11) is 0. The first kappa shape index (κ1) is 9.35. The second-order valence-corrected chi connectivity index (χ2v) is 3.05. The average molecular weight is 174 g/mol. The minimum absolute atomic E-state index is 0.186. The molecular formula is C8H12F2N2. The Hall–Kier alpha value is -0.740. The predicted octanol–water partition coefficient (Wildman–Crippen LogP) is 1.14. The Bertz CT molecular complexity index is 240. The van der Waals surface area contributed by atoms with Gasteiger partial charge in [0.05, 0.1) is 0 Å². The quantitative estimate of drug-likeness (QED) is 0.578. The maximum Gasteiger partial charge on any atom is 0.159 e. The van der Waals surface area contributed by atoms with E-state index in [2.05, 4.69) is 0 Å². The Kier molecular flexibility index (Phi) is 2.30. The molecule has 2 unspecified atom stereocenters. The van der Waals surface area contributed by atoms with E-state index in [1.165, 1.54) is 13.8 Å². The number of allylic oxidation sites excluding steroid dienone is 2. The van der Waals surface area contributed by atoms with Crippen LogP contribution in [0.15, 0.2) is 22.8 Å². The van der Waals surface area contributed by atoms with Crippen LogP contribution in [0.3, 0.4) is 0 Å². The van der Waals surface area contributed by atoms with Crippen LogP contribution in [0.4, 0.5) is 8.78 Å². The average Bonchev–Trinajstić information content (AvgIpc) is 2.08. The lowest BCUT2D eigenvalue weighted by atomic mass is 9.90. The number of hydrogen-bond donors (Lipinski definition) is 2. The molecule has 0 aromatic carbocycles. The molecule has 1 aliphatic rings. The topological polar surface area (TPSA) is 52.0 Å². The van der Waals surface area contributed by atoms with Crippen LogP contribution in [0.2, 0.25) is 0 Å². The minimum atomic E-state index is -0.860. The first-order chi connectivity index (χ1) is 5.46. The molecule has 0 bridgehead atoms. The lowest BCUT2D eigenvalue weighted by Crippen LogP contribution is -2.45. The van der Waals surface area contributed by atoms with E-state index in [0.29, 0.717) is 0 Å². The van der Waals surface area contributed by atoms with E-state index in [1.807, 2.05) is 0 Å². The molecule has 1 aliphatic carbocycles. The van der Waals surface area contributed by atoms with E-state index >= 15 is 0 Å². The fourth-order valence-electron chi connectivity index (χ4n) is 1.18. The summed E-state index contributed by atoms with van der Waals surface area (Å²) < 4.78 is 25.9. The van der Waals surface area contributed by atoms with Gasteiger partial charge in [0.2, 0.25) is 0 Å². The number of nitrogens with two attached hydrogens (primary N) is 2. The molecule has 0 saturated heterocycles. The van der Waals surface area contributed by atoms with Crippen molar-refractivity contribution in [1.29, 1.82) is 0 Å². The molecule has 68 valence electrons. The summed E-state index contributed by atoms with van der Waals surface area (Å²) in [5.74, 6) is -1.72. The summed E-state index contributed by atoms with van der Waals surface area (Å²) in [6.45, 7) is 2.90. The van der Waals surface area contributed by atoms with Crippen LogP contribution >= 0.6 is 0 Å². The zero-order valence-corrected chi connectivity index (χ0v) is 7.07. The van der Waals surface area contributed by atoms with Crippen LogP contribution in [0.25, 0.3) is 0 Å². The van der Waals surface area contributed by atoms with Crippen LogP contribution in [0.1, 0.15) is 13.8 Å². The SMILES string of the molecule is CC1=C(F)C(F)=C(C)C(N)C1N. The molecule has 1 rings (SSSR count). The summed E-state index contributed by atoms with van der Waals surface area (Å²) in [5.41, 5.74) is 11.5. The molecule has 0 heterocycles. The third kappa shape index (κ3) is 1.17. The molecule has 0 amide bonds. The van der Waals surface area contributed by atoms with Gasteiger partial charge in [-0.1, -0.05) is 0 Å². The molecule has 0 radical (unpaired) electrons. The van der Waals surface area contributed by atoms with E-state index in [4.69, 9.17) is 11.5 Å². The van der Waals surface area contributed by atoms with Crippen LogP contribution < -0.4 is 11.5 Å². The monoisotopic (exact) mass is 174 g/mol. The summed E-state index contributed by atoms with van der Waals surface area (Å²) >= 11 is 0. The fourth-order valence-corrected chi connectivity index (χ4v) is 1.18. The van der Waals surface area contributed by atoms with Gasteiger partial charge in [0.15, 0.2) is 11.7 Å². The number of hydrogen-bond acceptors (Lipinski definition) is 2. The molecule has 0 aromatic heterocycles. The molecule has 4 heteroatoms. The van der Waals surface area contributed by atoms with Gasteiger partial charge in [-0.2, -0.15) is 0 Å². The van der Waals surface area contributed by atoms with Crippen molar-refractivity contribution >= 4 is 0 Å². The summed E-state index contributed by atoms with van der Waals surface area (Å²) in [6.07, 6.45) is 0. The van der Waals surface area contributed by atoms with Crippen molar-refractivity contribution in [2.24, 2.45) is 11.5 Å². The van der Waals surface area contributed by atoms with Crippen LogP contribution in [-0.2, 0) is 0 Å². The second kappa shape index (κ2) is 2.95. The Morgan fingerprint density at radius 3 is 1.42 bits per heavy atom. The third-order valence-corrected chi connectivity index (χ3v) is 2.27. The first-order valence-corrected chi connectivity index (χ1v) is 3.71. The maximum atomic E-state index is 13.0. The van der Waals surface area contributed by atoms with Gasteiger partial charge in [-0.3, -0.25) is 0 Å². The van der Waals surface area contributed by atoms with Gasteiger partial charge in [0.25, 0.3) is 0 Å². The third-order valence-electron chi connectivity index (χ3n) is 2.27. The lowest BCUT2D eigenvalue weighted by molar-refractivity contribution is 0.477. The van der Waals surface area contributed by atoms with Crippen molar-refractivity contribution in [2.45, 2.75) is 25.9 Å². The zero-order valence-electron chi connectivity index (χ0n) is 7.07. The molecule has 0 spiro atoms. The molecule has 12 heavy (non-hydrogen) atoms. The Morgan fingerprint density at radius 2 is 1.17 bits per heavy atom. The molecular weight excluding hydrogens is 162 g/mol. The van der Waals surface area contributed by atoms with Crippen molar-refractivity contribution in [3.8, 4) is 0 Å². The molecule has 0 aliphatic heterocycles. The Morgan fingerprint density at radius 1 is 0.917 bits per heavy atom. The highest BCUT2D eigenvalue weighted by Gasteiger charge is 2.29. The zero-order chi connectivity index (χ0) is 9.46. The van der Waals surface area contributed by atoms with Crippen molar-refractivity contribution in [3.63, 3.8) is 0 Å². The van der Waals surface area contributed by atoms with E-state index in [9.17, 15) is 8.78 Å². The van der Waals surface area contributed by atoms with E-state index in [0.717, 1.165) is 0 Å². The molecule has 0 fully saturated rings. The Labute approximate surface area is 69.9 Å². The van der Waals surface area contributed by atoms with Gasteiger partial charge in [-0.05, 0) is 25.0 Å². The van der Waals surface area contributed by atoms with Gasteiger partial charge >= 0.3 is 0 Å². The normalized spacial score (nSPS) is 31.5. The largest absolute Gasteiger partial charge is 0.323 e. The second-order valence-electron chi connectivity index (χ2n) is 3.05. The highest BCUT2D eigenvalue weighted by molar-refractivity contribution is 5.39. The molecule has 2 nitrogen and oxygen atoms in total. The van der Waals surface area contributed by atoms with Crippen molar-refractivity contribution in [2.75, 3.05) is 0 Å². The minimum Gasteiger partial charge on any atom is -0.323 e. The summed E-state index contributed by atoms with van der Waals surface area (Å²) in [6, 6.07) is -1.21.